The van der Waals surface area contributed by atoms with Crippen LogP contribution in [0.15, 0.2) is 18.2 Å². The maximum atomic E-state index is 12.2. The third-order valence-corrected chi connectivity index (χ3v) is 4.19. The Morgan fingerprint density at radius 2 is 2.00 bits per heavy atom. The van der Waals surface area contributed by atoms with Crippen LogP contribution in [-0.4, -0.2) is 25.7 Å². The van der Waals surface area contributed by atoms with Crippen LogP contribution in [0.4, 0.5) is 0 Å². The van der Waals surface area contributed by atoms with Gasteiger partial charge in [-0.05, 0) is 48.9 Å². The van der Waals surface area contributed by atoms with Gasteiger partial charge in [0.2, 0.25) is 0 Å². The van der Waals surface area contributed by atoms with Crippen LogP contribution in [0.2, 0.25) is 0 Å². The second-order valence-electron chi connectivity index (χ2n) is 6.18. The molecule has 0 saturated carbocycles. The highest BCUT2D eigenvalue weighted by Crippen LogP contribution is 2.25. The van der Waals surface area contributed by atoms with Crippen molar-refractivity contribution in [1.29, 1.82) is 0 Å². The number of nitrogens with one attached hydrogen (secondary N) is 1. The zero-order chi connectivity index (χ0) is 13.3. The van der Waals surface area contributed by atoms with Gasteiger partial charge >= 0.3 is 0 Å². The molecular formula is C16H21NO2. The monoisotopic (exact) mass is 259 g/mol. The van der Waals surface area contributed by atoms with Gasteiger partial charge in [0.05, 0.1) is 13.2 Å². The second-order valence-corrected chi connectivity index (χ2v) is 6.18. The first-order chi connectivity index (χ1) is 9.16. The number of hydrogen-bond acceptors (Lipinski definition) is 2. The summed E-state index contributed by atoms with van der Waals surface area (Å²) in [4.78, 5) is 12.2. The number of rotatable bonds is 3. The summed E-state index contributed by atoms with van der Waals surface area (Å²) in [6.07, 6.45) is 4.79. The molecule has 1 saturated heterocycles. The fourth-order valence-corrected chi connectivity index (χ4v) is 2.82. The molecule has 0 atom stereocenters. The molecule has 1 N–H and O–H groups in total. The lowest BCUT2D eigenvalue weighted by Crippen LogP contribution is -2.48. The zero-order valence-electron chi connectivity index (χ0n) is 11.5. The van der Waals surface area contributed by atoms with E-state index in [-0.39, 0.29) is 11.3 Å². The Hall–Kier alpha value is -1.35. The summed E-state index contributed by atoms with van der Waals surface area (Å²) >= 11 is 0. The molecule has 1 aromatic carbocycles. The Labute approximate surface area is 114 Å². The van der Waals surface area contributed by atoms with Gasteiger partial charge < -0.3 is 10.1 Å². The minimum Gasteiger partial charge on any atom is -0.380 e. The molecule has 1 aromatic rings. The van der Waals surface area contributed by atoms with Crippen LogP contribution in [0.3, 0.4) is 0 Å². The third-order valence-electron chi connectivity index (χ3n) is 4.19. The Morgan fingerprint density at radius 3 is 2.68 bits per heavy atom. The number of hydrogen-bond donors (Lipinski definition) is 1. The van der Waals surface area contributed by atoms with Crippen molar-refractivity contribution in [1.82, 2.24) is 5.32 Å². The molecule has 3 heteroatoms. The summed E-state index contributed by atoms with van der Waals surface area (Å²) in [6, 6.07) is 6.15. The average Bonchev–Trinajstić information content (AvgIpc) is 2.42. The maximum absolute atomic E-state index is 12.2. The van der Waals surface area contributed by atoms with Gasteiger partial charge in [-0.25, -0.2) is 0 Å². The van der Waals surface area contributed by atoms with Crippen LogP contribution in [-0.2, 0) is 17.6 Å². The fourth-order valence-electron chi connectivity index (χ4n) is 2.82. The van der Waals surface area contributed by atoms with Crippen LogP contribution in [0, 0.1) is 5.41 Å². The molecule has 102 valence electrons. The molecule has 1 aliphatic heterocycles. The molecule has 0 radical (unpaired) electrons. The minimum atomic E-state index is 0.0431. The molecule has 1 aliphatic carbocycles. The highest BCUT2D eigenvalue weighted by Gasteiger charge is 2.33. The van der Waals surface area contributed by atoms with Gasteiger partial charge in [-0.1, -0.05) is 13.0 Å². The van der Waals surface area contributed by atoms with Crippen molar-refractivity contribution in [3.05, 3.63) is 34.9 Å². The number of amides is 1. The SMILES string of the molecule is CC1(CNC(=O)c2ccc3c(c2)CCCC3)COC1. The first-order valence-electron chi connectivity index (χ1n) is 7.14. The quantitative estimate of drug-likeness (QED) is 0.904. The van der Waals surface area contributed by atoms with Gasteiger partial charge in [0, 0.05) is 17.5 Å². The minimum absolute atomic E-state index is 0.0431. The Morgan fingerprint density at radius 1 is 1.26 bits per heavy atom. The second kappa shape index (κ2) is 4.97. The summed E-state index contributed by atoms with van der Waals surface area (Å²) in [5, 5.41) is 3.03. The van der Waals surface area contributed by atoms with Crippen LogP contribution >= 0.6 is 0 Å². The highest BCUT2D eigenvalue weighted by atomic mass is 16.5. The van der Waals surface area contributed by atoms with E-state index in [1.807, 2.05) is 6.07 Å². The van der Waals surface area contributed by atoms with Gasteiger partial charge in [-0.3, -0.25) is 4.79 Å². The Balaban J connectivity index is 1.66. The molecule has 1 fully saturated rings. The van der Waals surface area contributed by atoms with Crippen molar-refractivity contribution in [3.63, 3.8) is 0 Å². The summed E-state index contributed by atoms with van der Waals surface area (Å²) in [5.41, 5.74) is 3.70. The zero-order valence-corrected chi connectivity index (χ0v) is 11.5. The Kier molecular flexibility index (Phi) is 3.31. The molecular weight excluding hydrogens is 238 g/mol. The normalized spacial score (nSPS) is 20.3. The van der Waals surface area contributed by atoms with Gasteiger partial charge in [0.25, 0.3) is 5.91 Å². The molecule has 3 nitrogen and oxygen atoms in total. The summed E-state index contributed by atoms with van der Waals surface area (Å²) < 4.78 is 5.20. The van der Waals surface area contributed by atoms with E-state index < -0.39 is 0 Å². The largest absolute Gasteiger partial charge is 0.380 e. The summed E-state index contributed by atoms with van der Waals surface area (Å²) in [7, 11) is 0. The van der Waals surface area contributed by atoms with Crippen molar-refractivity contribution in [2.75, 3.05) is 19.8 Å². The molecule has 3 rings (SSSR count). The van der Waals surface area contributed by atoms with E-state index in [2.05, 4.69) is 24.4 Å². The van der Waals surface area contributed by atoms with Crippen LogP contribution in [0.5, 0.6) is 0 Å². The maximum Gasteiger partial charge on any atom is 0.251 e. The lowest BCUT2D eigenvalue weighted by molar-refractivity contribution is -0.0978. The van der Waals surface area contributed by atoms with E-state index in [0.717, 1.165) is 31.6 Å². The molecule has 2 aliphatic rings. The number of fused-ring (bicyclic) bond motifs is 1. The van der Waals surface area contributed by atoms with Crippen molar-refractivity contribution < 1.29 is 9.53 Å². The van der Waals surface area contributed by atoms with E-state index in [1.165, 1.54) is 24.0 Å². The Bertz CT molecular complexity index is 492. The van der Waals surface area contributed by atoms with Crippen molar-refractivity contribution >= 4 is 5.91 Å². The first-order valence-corrected chi connectivity index (χ1v) is 7.14. The van der Waals surface area contributed by atoms with E-state index in [4.69, 9.17) is 4.74 Å². The number of benzene rings is 1. The topological polar surface area (TPSA) is 38.3 Å². The predicted molar refractivity (Wildman–Crippen MR) is 74.3 cm³/mol. The number of carbonyl (C=O) groups is 1. The highest BCUT2D eigenvalue weighted by molar-refractivity contribution is 5.94. The molecule has 19 heavy (non-hydrogen) atoms. The van der Waals surface area contributed by atoms with E-state index >= 15 is 0 Å². The molecule has 0 spiro atoms. The summed E-state index contributed by atoms with van der Waals surface area (Å²) in [5.74, 6) is 0.0431. The smallest absolute Gasteiger partial charge is 0.251 e. The van der Waals surface area contributed by atoms with Crippen molar-refractivity contribution in [2.45, 2.75) is 32.6 Å². The molecule has 1 amide bonds. The van der Waals surface area contributed by atoms with E-state index in [0.29, 0.717) is 6.54 Å². The predicted octanol–water partition coefficient (Wildman–Crippen LogP) is 2.33. The fraction of sp³-hybridized carbons (Fsp3) is 0.562. The van der Waals surface area contributed by atoms with Crippen LogP contribution in [0.25, 0.3) is 0 Å². The van der Waals surface area contributed by atoms with Gasteiger partial charge in [-0.2, -0.15) is 0 Å². The number of aryl methyl sites for hydroxylation is 2. The van der Waals surface area contributed by atoms with Crippen LogP contribution in [0.1, 0.15) is 41.3 Å². The van der Waals surface area contributed by atoms with Crippen molar-refractivity contribution in [3.8, 4) is 0 Å². The van der Waals surface area contributed by atoms with E-state index in [1.54, 1.807) is 0 Å². The molecule has 0 aromatic heterocycles. The van der Waals surface area contributed by atoms with Crippen LogP contribution < -0.4 is 5.32 Å². The van der Waals surface area contributed by atoms with Crippen molar-refractivity contribution in [2.24, 2.45) is 5.41 Å². The molecule has 0 bridgehead atoms. The number of ether oxygens (including phenoxy) is 1. The molecule has 0 unspecified atom stereocenters. The summed E-state index contributed by atoms with van der Waals surface area (Å²) in [6.45, 7) is 4.33. The van der Waals surface area contributed by atoms with Gasteiger partial charge in [-0.15, -0.1) is 0 Å². The lowest BCUT2D eigenvalue weighted by Gasteiger charge is -2.38. The van der Waals surface area contributed by atoms with Gasteiger partial charge in [0.1, 0.15) is 0 Å². The standard InChI is InChI=1S/C16H21NO2/c1-16(10-19-11-16)9-17-15(18)14-7-6-12-4-2-3-5-13(12)8-14/h6-8H,2-5,9-11H2,1H3,(H,17,18). The van der Waals surface area contributed by atoms with E-state index in [9.17, 15) is 4.79 Å². The first kappa shape index (κ1) is 12.7. The molecule has 1 heterocycles. The number of carbonyl (C=O) groups excluding carboxylic acids is 1. The lowest BCUT2D eigenvalue weighted by atomic mass is 9.88. The average molecular weight is 259 g/mol. The van der Waals surface area contributed by atoms with Gasteiger partial charge in [0.15, 0.2) is 0 Å². The third kappa shape index (κ3) is 2.66.